The summed E-state index contributed by atoms with van der Waals surface area (Å²) in [5.41, 5.74) is 7.58. The highest BCUT2D eigenvalue weighted by Crippen LogP contribution is 2.22. The van der Waals surface area contributed by atoms with Gasteiger partial charge in [-0.2, -0.15) is 0 Å². The van der Waals surface area contributed by atoms with Gasteiger partial charge in [0.1, 0.15) is 0 Å². The van der Waals surface area contributed by atoms with Crippen molar-refractivity contribution < 1.29 is 0 Å². The van der Waals surface area contributed by atoms with Gasteiger partial charge in [0.25, 0.3) is 0 Å². The number of rotatable bonds is 2. The molecule has 0 aliphatic rings. The minimum atomic E-state index is 0.115. The van der Waals surface area contributed by atoms with Crippen molar-refractivity contribution in [2.75, 3.05) is 0 Å². The molecule has 0 saturated heterocycles. The molecule has 0 bridgehead atoms. The summed E-state index contributed by atoms with van der Waals surface area (Å²) in [6.07, 6.45) is 4.56. The molecule has 0 saturated carbocycles. The largest absolute Gasteiger partial charge is 0.328 e. The number of hydrogen-bond donors (Lipinski definition) is 1. The van der Waals surface area contributed by atoms with Crippen LogP contribution in [0.25, 0.3) is 5.65 Å². The van der Waals surface area contributed by atoms with Crippen molar-refractivity contribution in [2.24, 2.45) is 5.73 Å². The average molecular weight is 289 g/mol. The van der Waals surface area contributed by atoms with E-state index in [0.717, 1.165) is 22.2 Å². The molecule has 2 aromatic heterocycles. The quantitative estimate of drug-likeness (QED) is 0.923. The van der Waals surface area contributed by atoms with E-state index in [4.69, 9.17) is 17.3 Å². The van der Waals surface area contributed by atoms with Crippen molar-refractivity contribution in [2.45, 2.75) is 19.4 Å². The summed E-state index contributed by atoms with van der Waals surface area (Å²) < 4.78 is 2.80. The Balaban J connectivity index is 2.50. The molecule has 0 aliphatic carbocycles. The highest BCUT2D eigenvalue weighted by atomic mass is 79.9. The summed E-state index contributed by atoms with van der Waals surface area (Å²) in [7, 11) is 0. The van der Waals surface area contributed by atoms with Gasteiger partial charge in [-0.05, 0) is 28.9 Å². The molecule has 2 aromatic rings. The first-order chi connectivity index (χ1) is 7.06. The Morgan fingerprint density at radius 3 is 3.00 bits per heavy atom. The molecule has 15 heavy (non-hydrogen) atoms. The normalized spacial score (nSPS) is 13.3. The molecule has 5 heteroatoms. The number of fused-ring (bicyclic) bond motifs is 1. The Morgan fingerprint density at radius 1 is 1.60 bits per heavy atom. The lowest BCUT2D eigenvalue weighted by Gasteiger charge is -1.98. The molecule has 0 spiro atoms. The monoisotopic (exact) mass is 287 g/mol. The number of nitrogens with zero attached hydrogens (tertiary/aromatic N) is 2. The van der Waals surface area contributed by atoms with Crippen LogP contribution in [0.1, 0.15) is 12.6 Å². The number of aromatic nitrogens is 2. The fraction of sp³-hybridized carbons (Fsp3) is 0.300. The van der Waals surface area contributed by atoms with Crippen LogP contribution >= 0.6 is 27.5 Å². The molecule has 0 fully saturated rings. The van der Waals surface area contributed by atoms with Crippen LogP contribution in [0.3, 0.4) is 0 Å². The third-order valence-corrected chi connectivity index (χ3v) is 2.84. The standard InChI is InChI=1S/C10H11BrClN3/c1-6(13)2-8-5-15-4-7(12)3-9(11)10(15)14-8/h3-6H,2,13H2,1H3. The van der Waals surface area contributed by atoms with Crippen molar-refractivity contribution in [3.05, 3.63) is 33.6 Å². The van der Waals surface area contributed by atoms with E-state index in [1.807, 2.05) is 29.8 Å². The smallest absolute Gasteiger partial charge is 0.151 e. The minimum Gasteiger partial charge on any atom is -0.328 e. The molecule has 1 atom stereocenters. The predicted molar refractivity (Wildman–Crippen MR) is 65.3 cm³/mol. The summed E-state index contributed by atoms with van der Waals surface area (Å²) in [5, 5.41) is 0.680. The number of nitrogens with two attached hydrogens (primary N) is 1. The van der Waals surface area contributed by atoms with Crippen LogP contribution < -0.4 is 5.73 Å². The molecule has 0 radical (unpaired) electrons. The highest BCUT2D eigenvalue weighted by Gasteiger charge is 2.07. The fourth-order valence-electron chi connectivity index (χ4n) is 1.50. The molecule has 2 rings (SSSR count). The van der Waals surface area contributed by atoms with E-state index in [-0.39, 0.29) is 6.04 Å². The van der Waals surface area contributed by atoms with Gasteiger partial charge in [-0.3, -0.25) is 0 Å². The Kier molecular flexibility index (Phi) is 3.00. The average Bonchev–Trinajstić information content (AvgIpc) is 2.45. The Labute approximate surface area is 101 Å². The first-order valence-electron chi connectivity index (χ1n) is 4.64. The van der Waals surface area contributed by atoms with E-state index in [2.05, 4.69) is 20.9 Å². The van der Waals surface area contributed by atoms with Gasteiger partial charge >= 0.3 is 0 Å². The lowest BCUT2D eigenvalue weighted by atomic mass is 10.2. The van der Waals surface area contributed by atoms with E-state index in [1.165, 1.54) is 0 Å². The van der Waals surface area contributed by atoms with Crippen LogP contribution in [0, 0.1) is 0 Å². The van der Waals surface area contributed by atoms with E-state index < -0.39 is 0 Å². The van der Waals surface area contributed by atoms with E-state index in [0.29, 0.717) is 5.02 Å². The molecule has 80 valence electrons. The third kappa shape index (κ3) is 2.33. The maximum absolute atomic E-state index is 5.94. The van der Waals surface area contributed by atoms with Gasteiger partial charge in [0.2, 0.25) is 0 Å². The number of hydrogen-bond acceptors (Lipinski definition) is 2. The van der Waals surface area contributed by atoms with Gasteiger partial charge < -0.3 is 10.1 Å². The van der Waals surface area contributed by atoms with Crippen molar-refractivity contribution in [3.8, 4) is 0 Å². The molecule has 2 N–H and O–H groups in total. The summed E-state index contributed by atoms with van der Waals surface area (Å²) in [6.45, 7) is 1.96. The van der Waals surface area contributed by atoms with Crippen LogP contribution in [0.2, 0.25) is 5.02 Å². The van der Waals surface area contributed by atoms with Crippen LogP contribution in [0.15, 0.2) is 22.9 Å². The molecule has 3 nitrogen and oxygen atoms in total. The second kappa shape index (κ2) is 4.12. The van der Waals surface area contributed by atoms with Crippen LogP contribution in [-0.2, 0) is 6.42 Å². The predicted octanol–water partition coefficient (Wildman–Crippen LogP) is 2.64. The van der Waals surface area contributed by atoms with Crippen molar-refractivity contribution in [1.29, 1.82) is 0 Å². The second-order valence-corrected chi connectivity index (χ2v) is 4.94. The number of imidazole rings is 1. The molecule has 0 amide bonds. The van der Waals surface area contributed by atoms with E-state index >= 15 is 0 Å². The zero-order valence-corrected chi connectivity index (χ0v) is 10.6. The maximum Gasteiger partial charge on any atom is 0.151 e. The molecule has 0 aromatic carbocycles. The molecule has 0 aliphatic heterocycles. The van der Waals surface area contributed by atoms with Gasteiger partial charge in [-0.15, -0.1) is 0 Å². The summed E-state index contributed by atoms with van der Waals surface area (Å²) in [4.78, 5) is 4.47. The first-order valence-corrected chi connectivity index (χ1v) is 5.81. The molecular formula is C10H11BrClN3. The van der Waals surface area contributed by atoms with Crippen molar-refractivity contribution >= 4 is 33.2 Å². The van der Waals surface area contributed by atoms with Crippen molar-refractivity contribution in [3.63, 3.8) is 0 Å². The maximum atomic E-state index is 5.94. The Bertz CT molecular complexity index is 493. The van der Waals surface area contributed by atoms with Crippen LogP contribution in [0.5, 0.6) is 0 Å². The zero-order valence-electron chi connectivity index (χ0n) is 8.24. The highest BCUT2D eigenvalue weighted by molar-refractivity contribution is 9.10. The van der Waals surface area contributed by atoms with E-state index in [9.17, 15) is 0 Å². The minimum absolute atomic E-state index is 0.115. The van der Waals surface area contributed by atoms with Crippen LogP contribution in [0.4, 0.5) is 0 Å². The topological polar surface area (TPSA) is 43.3 Å². The lowest BCUT2D eigenvalue weighted by molar-refractivity contribution is 0.726. The van der Waals surface area contributed by atoms with Gasteiger partial charge in [-0.1, -0.05) is 11.6 Å². The number of pyridine rings is 1. The SMILES string of the molecule is CC(N)Cc1cn2cc(Cl)cc(Br)c2n1. The third-order valence-electron chi connectivity index (χ3n) is 2.05. The van der Waals surface area contributed by atoms with E-state index in [1.54, 1.807) is 0 Å². The van der Waals surface area contributed by atoms with Crippen LogP contribution in [-0.4, -0.2) is 15.4 Å². The Hall–Kier alpha value is -0.580. The Morgan fingerprint density at radius 2 is 2.33 bits per heavy atom. The fourth-order valence-corrected chi connectivity index (χ4v) is 2.39. The summed E-state index contributed by atoms with van der Waals surface area (Å²) in [6, 6.07) is 1.95. The lowest BCUT2D eigenvalue weighted by Crippen LogP contribution is -2.17. The zero-order chi connectivity index (χ0) is 11.0. The van der Waals surface area contributed by atoms with Gasteiger partial charge in [0, 0.05) is 24.9 Å². The summed E-state index contributed by atoms with van der Waals surface area (Å²) >= 11 is 9.36. The molecule has 2 heterocycles. The molecular weight excluding hydrogens is 277 g/mol. The van der Waals surface area contributed by atoms with Gasteiger partial charge in [0.05, 0.1) is 15.2 Å². The number of halogens is 2. The second-order valence-electron chi connectivity index (χ2n) is 3.65. The van der Waals surface area contributed by atoms with Gasteiger partial charge in [0.15, 0.2) is 5.65 Å². The van der Waals surface area contributed by atoms with Gasteiger partial charge in [-0.25, -0.2) is 4.98 Å². The first kappa shape index (κ1) is 10.9. The molecule has 1 unspecified atom stereocenters. The van der Waals surface area contributed by atoms with Crippen molar-refractivity contribution in [1.82, 2.24) is 9.38 Å². The summed E-state index contributed by atoms with van der Waals surface area (Å²) in [5.74, 6) is 0.